The molecule has 0 saturated carbocycles. The van der Waals surface area contributed by atoms with Crippen LogP contribution in [-0.4, -0.2) is 178 Å². The van der Waals surface area contributed by atoms with Gasteiger partial charge in [0.05, 0.1) is 68.0 Å². The molecule has 5 aliphatic heterocycles. The molecule has 0 amide bonds. The van der Waals surface area contributed by atoms with Crippen LogP contribution in [0.2, 0.25) is 10.0 Å². The minimum atomic E-state index is -4.44. The number of hydrogen-bond acceptors (Lipinski definition) is 20. The highest BCUT2D eigenvalue weighted by Crippen LogP contribution is 2.34. The molecule has 5 N–H and O–H groups in total. The van der Waals surface area contributed by atoms with Crippen molar-refractivity contribution in [3.63, 3.8) is 0 Å². The predicted molar refractivity (Wildman–Crippen MR) is 485 cm³/mol. The third kappa shape index (κ3) is 20.8. The number of halogens is 8. The highest BCUT2D eigenvalue weighted by Gasteiger charge is 2.32. The van der Waals surface area contributed by atoms with Crippen LogP contribution in [0, 0.1) is 6.92 Å². The van der Waals surface area contributed by atoms with Crippen molar-refractivity contribution in [3.05, 3.63) is 322 Å². The Hall–Kier alpha value is -13.1. The van der Waals surface area contributed by atoms with Crippen LogP contribution in [0.4, 0.5) is 54.8 Å². The van der Waals surface area contributed by atoms with Gasteiger partial charge in [0, 0.05) is 230 Å². The Morgan fingerprint density at radius 2 is 0.532 bits per heavy atom. The first-order valence-corrected chi connectivity index (χ1v) is 42.1. The zero-order valence-electron chi connectivity index (χ0n) is 68.5. The standard InChI is InChI=1S/2C19H17F3N4O.C19H20N4O.2C18H17ClN4O/c20-19(21,22)14-3-1-13(2-4-14)16-11-18(27)26-12-15(5-6-17(26)24-16)25-9-7-23-8-10-25;20-19(21,22)14-3-1-2-13(10-14)16-11-18(27)26-12-15(4-5-17(26)24-16)25-8-6-23-7-9-25;1-14-3-2-4-15(11-14)17-12-19(24)23-13-16(5-6-18(23)21-17)22-9-7-20-8-10-22;19-14-3-1-13(2-4-14)16-11-18(24)23-12-15(5-6-17(23)21-16)22-9-7-20-8-10-22;19-14-3-1-2-13(10-14)16-11-18(24)23-12-15(4-5-17(23)21-16)22-8-6-20-7-9-22/h1-6,11-12,23H,7-10H2;1-5,10-12,23H,6-9H2;2-6,11-13,20H,7-10H2,1H3;1-6,11-12,20H,7-10H2;1-5,10-12,20H,6-9H2. The van der Waals surface area contributed by atoms with Gasteiger partial charge in [-0.05, 0) is 122 Å². The van der Waals surface area contributed by atoms with Crippen molar-refractivity contribution in [1.82, 2.24) is 73.5 Å². The summed E-state index contributed by atoms with van der Waals surface area (Å²) in [6.45, 7) is 20.4. The average Bonchev–Trinajstić information content (AvgIpc) is 0.814. The van der Waals surface area contributed by atoms with Gasteiger partial charge >= 0.3 is 12.4 Å². The van der Waals surface area contributed by atoms with Crippen LogP contribution in [0.15, 0.2) is 267 Å². The fraction of sp³-hybridized carbons (Fsp3) is 0.247. The summed E-state index contributed by atoms with van der Waals surface area (Å²) >= 11 is 12.0. The Morgan fingerprint density at radius 3 is 0.817 bits per heavy atom. The van der Waals surface area contributed by atoms with Gasteiger partial charge in [-0.3, -0.25) is 46.0 Å². The summed E-state index contributed by atoms with van der Waals surface area (Å²) in [5.74, 6) is 0. The summed E-state index contributed by atoms with van der Waals surface area (Å²) in [7, 11) is 0. The van der Waals surface area contributed by atoms with Crippen molar-refractivity contribution >= 4 is 79.9 Å². The van der Waals surface area contributed by atoms with Crippen LogP contribution in [-0.2, 0) is 12.4 Å². The van der Waals surface area contributed by atoms with Crippen LogP contribution in [0.3, 0.4) is 0 Å². The molecule has 15 heterocycles. The molecule has 5 saturated heterocycles. The molecule has 5 aliphatic rings. The molecule has 20 rings (SSSR count). The number of piperazine rings is 5. The molecule has 0 radical (unpaired) electrons. The third-order valence-electron chi connectivity index (χ3n) is 22.2. The first kappa shape index (κ1) is 86.4. The predicted octanol–water partition coefficient (Wildman–Crippen LogP) is 12.5. The van der Waals surface area contributed by atoms with E-state index in [0.29, 0.717) is 60.9 Å². The van der Waals surface area contributed by atoms with E-state index in [0.717, 1.165) is 212 Å². The minimum Gasteiger partial charge on any atom is -0.368 e. The molecule has 0 unspecified atom stereocenters. The number of benzene rings is 5. The number of nitrogens with zero attached hydrogens (tertiary/aromatic N) is 15. The number of alkyl halides is 6. The van der Waals surface area contributed by atoms with Crippen LogP contribution >= 0.6 is 23.2 Å². The Balaban J connectivity index is 0.000000116. The minimum absolute atomic E-state index is 0.0477. The van der Waals surface area contributed by atoms with Gasteiger partial charge in [-0.25, -0.2) is 24.9 Å². The van der Waals surface area contributed by atoms with E-state index >= 15 is 0 Å². The Kier molecular flexibility index (Phi) is 26.4. The molecular weight excluding hydrogens is 1660 g/mol. The van der Waals surface area contributed by atoms with Gasteiger partial charge in [-0.1, -0.05) is 95.5 Å². The highest BCUT2D eigenvalue weighted by molar-refractivity contribution is 6.31. The SMILES string of the molecule is Cc1cccc(-c2cc(=O)n3cc(N4CCNCC4)ccc3n2)c1.O=c1cc(-c2ccc(C(F)(F)F)cc2)nc2ccc(N3CCNCC3)cn12.O=c1cc(-c2ccc(Cl)cc2)nc2ccc(N3CCNCC3)cn12.O=c1cc(-c2cccc(C(F)(F)F)c2)nc2ccc(N3CCNCC3)cn12.O=c1cc(-c2cccc(Cl)c2)nc2ccc(N3CCNCC3)cn12. The Labute approximate surface area is 728 Å². The topological polar surface area (TPSA) is 248 Å². The monoisotopic (exact) mass is 1750 g/mol. The van der Waals surface area contributed by atoms with E-state index in [1.54, 1.807) is 74.1 Å². The molecule has 15 aromatic rings. The summed E-state index contributed by atoms with van der Waals surface area (Å²) in [4.78, 5) is 96.7. The van der Waals surface area contributed by atoms with Gasteiger partial charge < -0.3 is 51.1 Å². The van der Waals surface area contributed by atoms with Crippen molar-refractivity contribution < 1.29 is 26.3 Å². The highest BCUT2D eigenvalue weighted by atomic mass is 35.5. The number of hydrogen-bond donors (Lipinski definition) is 5. The molecule has 0 bridgehead atoms. The number of aromatic nitrogens is 10. The number of fused-ring (bicyclic) bond motifs is 5. The largest absolute Gasteiger partial charge is 0.416 e. The second kappa shape index (κ2) is 38.5. The first-order valence-electron chi connectivity index (χ1n) is 41.4. The van der Waals surface area contributed by atoms with Gasteiger partial charge in [-0.15, -0.1) is 0 Å². The number of rotatable bonds is 10. The maximum Gasteiger partial charge on any atom is 0.416 e. The number of anilines is 5. The van der Waals surface area contributed by atoms with E-state index in [9.17, 15) is 50.3 Å². The van der Waals surface area contributed by atoms with E-state index in [2.05, 4.69) is 76.0 Å². The second-order valence-electron chi connectivity index (χ2n) is 30.7. The lowest BCUT2D eigenvalue weighted by molar-refractivity contribution is -0.138. The van der Waals surface area contributed by atoms with Gasteiger partial charge in [-0.2, -0.15) is 26.3 Å². The van der Waals surface area contributed by atoms with Crippen molar-refractivity contribution in [2.75, 3.05) is 155 Å². The lowest BCUT2D eigenvalue weighted by atomic mass is 10.1. The number of nitrogens with one attached hydrogen (secondary N) is 5. The molecule has 25 nitrogen and oxygen atoms in total. The average molecular weight is 1750 g/mol. The summed E-state index contributed by atoms with van der Waals surface area (Å²) in [6, 6.07) is 58.7. The summed E-state index contributed by atoms with van der Waals surface area (Å²) in [6.07, 6.45) is 0.295. The van der Waals surface area contributed by atoms with Crippen LogP contribution in [0.5, 0.6) is 0 Å². The third-order valence-corrected chi connectivity index (χ3v) is 22.7. The molecule has 33 heteroatoms. The lowest BCUT2D eigenvalue weighted by Crippen LogP contribution is -2.43. The Bertz CT molecular complexity index is 6610. The van der Waals surface area contributed by atoms with Crippen LogP contribution < -0.4 is 78.9 Å². The zero-order chi connectivity index (χ0) is 87.6. The maximum atomic E-state index is 12.9. The van der Waals surface area contributed by atoms with Gasteiger partial charge in [0.25, 0.3) is 27.8 Å². The fourth-order valence-electron chi connectivity index (χ4n) is 15.5. The molecule has 10 aromatic heterocycles. The summed E-state index contributed by atoms with van der Waals surface area (Å²) in [5, 5.41) is 17.8. The van der Waals surface area contributed by atoms with Crippen molar-refractivity contribution in [2.45, 2.75) is 19.3 Å². The van der Waals surface area contributed by atoms with Crippen LogP contribution in [0.1, 0.15) is 16.7 Å². The number of pyridine rings is 5. The second-order valence-corrected chi connectivity index (χ2v) is 31.6. The molecular formula is C93H88Cl2F6N20O5. The van der Waals surface area contributed by atoms with E-state index in [4.69, 9.17) is 23.2 Å². The fourth-order valence-corrected chi connectivity index (χ4v) is 15.8. The molecule has 0 aliphatic carbocycles. The summed E-state index contributed by atoms with van der Waals surface area (Å²) < 4.78 is 84.7. The maximum absolute atomic E-state index is 12.9. The van der Waals surface area contributed by atoms with Crippen molar-refractivity contribution in [1.29, 1.82) is 0 Å². The van der Waals surface area contributed by atoms with Crippen molar-refractivity contribution in [3.8, 4) is 56.3 Å². The Morgan fingerprint density at radius 1 is 0.270 bits per heavy atom. The lowest BCUT2D eigenvalue weighted by Gasteiger charge is -2.29. The van der Waals surface area contributed by atoms with E-state index in [1.165, 1.54) is 45.2 Å². The smallest absolute Gasteiger partial charge is 0.368 e. The van der Waals surface area contributed by atoms with Gasteiger partial charge in [0.2, 0.25) is 0 Å². The van der Waals surface area contributed by atoms with Gasteiger partial charge in [0.1, 0.15) is 28.2 Å². The van der Waals surface area contributed by atoms with E-state index in [-0.39, 0.29) is 39.1 Å². The quantitative estimate of drug-likeness (QED) is 0.0799. The first-order chi connectivity index (χ1) is 60.9. The number of aryl methyl sites for hydroxylation is 1. The molecule has 0 atom stereocenters. The van der Waals surface area contributed by atoms with Gasteiger partial charge in [0.15, 0.2) is 0 Å². The van der Waals surface area contributed by atoms with Crippen molar-refractivity contribution in [2.24, 2.45) is 0 Å². The molecule has 646 valence electrons. The molecule has 0 spiro atoms. The molecule has 5 fully saturated rings. The van der Waals surface area contributed by atoms with E-state index in [1.807, 2.05) is 129 Å². The normalized spacial score (nSPS) is 15.1. The summed E-state index contributed by atoms with van der Waals surface area (Å²) in [5.41, 5.74) is 12.7. The zero-order valence-corrected chi connectivity index (χ0v) is 70.0. The molecule has 5 aromatic carbocycles. The molecule has 126 heavy (non-hydrogen) atoms. The van der Waals surface area contributed by atoms with E-state index < -0.39 is 23.5 Å². The van der Waals surface area contributed by atoms with Crippen LogP contribution in [0.25, 0.3) is 84.5 Å².